The molecule has 1 heterocycles. The van der Waals surface area contributed by atoms with Gasteiger partial charge in [-0.1, -0.05) is 11.6 Å². The van der Waals surface area contributed by atoms with Crippen LogP contribution in [0, 0.1) is 34.0 Å². The first-order chi connectivity index (χ1) is 11.2. The molecular formula is C14H12ClN3O4S2. The fourth-order valence-electron chi connectivity index (χ4n) is 7.42. The quantitative estimate of drug-likeness (QED) is 0.675. The molecule has 4 N–H and O–H groups in total. The maximum absolute atomic E-state index is 12.7. The van der Waals surface area contributed by atoms with Crippen LogP contribution in [0.25, 0.3) is 0 Å². The number of sulfonamides is 2. The molecule has 10 heteroatoms. The standard InChI is InChI=1S/C14H12ClN3O4S2/c15-5-1-6-8(2-7(5)23(16,19)20)24(21,22)18-10(17-6)9-4-3-12-11-13(4,12)14(9,11)12/h1-2,4,9-11,17-18H,3H2,(H2,16,19,20)/t4-,9-,10-,11-,12+,13-,14+/m0/s1. The van der Waals surface area contributed by atoms with Crippen LogP contribution in [0.3, 0.4) is 0 Å². The molecule has 0 amide bonds. The van der Waals surface area contributed by atoms with Crippen LogP contribution >= 0.6 is 11.6 Å². The number of primary sulfonamides is 1. The summed E-state index contributed by atoms with van der Waals surface area (Å²) < 4.78 is 51.2. The molecule has 7 nitrogen and oxygen atoms in total. The maximum Gasteiger partial charge on any atom is 0.244 e. The van der Waals surface area contributed by atoms with Crippen LogP contribution in [0.15, 0.2) is 21.9 Å². The van der Waals surface area contributed by atoms with Gasteiger partial charge in [0, 0.05) is 5.92 Å². The zero-order valence-electron chi connectivity index (χ0n) is 12.1. The predicted molar refractivity (Wildman–Crippen MR) is 82.9 cm³/mol. The number of nitrogens with one attached hydrogen (secondary N) is 2. The molecule has 1 aliphatic heterocycles. The lowest BCUT2D eigenvalue weighted by Gasteiger charge is -2.43. The Labute approximate surface area is 143 Å². The normalized spacial score (nSPS) is 54.9. The highest BCUT2D eigenvalue weighted by atomic mass is 35.5. The summed E-state index contributed by atoms with van der Waals surface area (Å²) in [5, 5.41) is 8.27. The van der Waals surface area contributed by atoms with Gasteiger partial charge in [-0.15, -0.1) is 0 Å². The number of halogens is 1. The second kappa shape index (κ2) is 2.92. The molecule has 0 aromatic heterocycles. The van der Waals surface area contributed by atoms with Crippen molar-refractivity contribution in [2.24, 2.45) is 39.1 Å². The summed E-state index contributed by atoms with van der Waals surface area (Å²) in [7, 11) is -7.91. The molecule has 1 aromatic rings. The molecule has 8 rings (SSSR count). The van der Waals surface area contributed by atoms with Crippen LogP contribution in [-0.4, -0.2) is 23.0 Å². The Morgan fingerprint density at radius 2 is 2.04 bits per heavy atom. The van der Waals surface area contributed by atoms with Gasteiger partial charge in [0.15, 0.2) is 0 Å². The van der Waals surface area contributed by atoms with Crippen molar-refractivity contribution in [1.29, 1.82) is 0 Å². The first-order valence-corrected chi connectivity index (χ1v) is 11.2. The largest absolute Gasteiger partial charge is 0.368 e. The Morgan fingerprint density at radius 3 is 2.58 bits per heavy atom. The van der Waals surface area contributed by atoms with Crippen molar-refractivity contribution in [2.45, 2.75) is 22.4 Å². The van der Waals surface area contributed by atoms with Crippen molar-refractivity contribution >= 4 is 37.3 Å². The summed E-state index contributed by atoms with van der Waals surface area (Å²) in [4.78, 5) is -0.510. The Hall–Kier alpha value is -0.870. The summed E-state index contributed by atoms with van der Waals surface area (Å²) in [6.07, 6.45) is 0.911. The highest BCUT2D eigenvalue weighted by Gasteiger charge is 3.40. The maximum atomic E-state index is 12.7. The van der Waals surface area contributed by atoms with Crippen LogP contribution in [-0.2, 0) is 20.0 Å². The van der Waals surface area contributed by atoms with E-state index in [1.165, 1.54) is 12.5 Å². The van der Waals surface area contributed by atoms with Gasteiger partial charge in [0.25, 0.3) is 0 Å². The van der Waals surface area contributed by atoms with Crippen LogP contribution in [0.2, 0.25) is 5.02 Å². The number of hydrogen-bond donors (Lipinski definition) is 3. The molecule has 6 saturated carbocycles. The minimum absolute atomic E-state index is 0.0768. The van der Waals surface area contributed by atoms with E-state index < -0.39 is 20.0 Å². The molecule has 7 aliphatic rings. The lowest BCUT2D eigenvalue weighted by Crippen LogP contribution is -2.54. The van der Waals surface area contributed by atoms with Crippen molar-refractivity contribution in [3.63, 3.8) is 0 Å². The summed E-state index contributed by atoms with van der Waals surface area (Å²) in [6, 6.07) is 2.38. The first-order valence-electron chi connectivity index (χ1n) is 7.81. The van der Waals surface area contributed by atoms with E-state index >= 15 is 0 Å². The van der Waals surface area contributed by atoms with Gasteiger partial charge in [-0.05, 0) is 46.6 Å². The molecule has 24 heavy (non-hydrogen) atoms. The lowest BCUT2D eigenvalue weighted by molar-refractivity contribution is 0.106. The van der Waals surface area contributed by atoms with Crippen molar-refractivity contribution in [2.75, 3.05) is 5.32 Å². The molecule has 7 atom stereocenters. The van der Waals surface area contributed by atoms with Crippen molar-refractivity contribution in [3.05, 3.63) is 17.2 Å². The predicted octanol–water partition coefficient (Wildman–Crippen LogP) is 0.283. The molecule has 1 aromatic carbocycles. The summed E-state index contributed by atoms with van der Waals surface area (Å²) in [5.41, 5.74) is 2.02. The molecule has 6 fully saturated rings. The van der Waals surface area contributed by atoms with Gasteiger partial charge in [0.05, 0.1) is 16.9 Å². The van der Waals surface area contributed by atoms with Crippen LogP contribution in [0.4, 0.5) is 5.69 Å². The molecule has 6 aliphatic carbocycles. The number of benzene rings is 1. The number of hydrogen-bond acceptors (Lipinski definition) is 5. The third-order valence-electron chi connectivity index (χ3n) is 7.92. The highest BCUT2D eigenvalue weighted by molar-refractivity contribution is 7.90. The highest BCUT2D eigenvalue weighted by Crippen LogP contribution is 3.41. The summed E-state index contributed by atoms with van der Waals surface area (Å²) in [5.74, 6) is 1.86. The molecule has 0 unspecified atom stereocenters. The van der Waals surface area contributed by atoms with E-state index in [9.17, 15) is 16.8 Å². The average molecular weight is 386 g/mol. The minimum Gasteiger partial charge on any atom is -0.368 e. The third-order valence-corrected chi connectivity index (χ3v) is 10.8. The zero-order chi connectivity index (χ0) is 16.7. The Balaban J connectivity index is 1.34. The van der Waals surface area contributed by atoms with Gasteiger partial charge in [-0.25, -0.2) is 22.0 Å². The third kappa shape index (κ3) is 0.889. The molecule has 0 radical (unpaired) electrons. The van der Waals surface area contributed by atoms with Crippen molar-refractivity contribution in [3.8, 4) is 0 Å². The minimum atomic E-state index is -4.10. The summed E-state index contributed by atoms with van der Waals surface area (Å²) >= 11 is 6.01. The van der Waals surface area contributed by atoms with Gasteiger partial charge >= 0.3 is 0 Å². The number of anilines is 1. The smallest absolute Gasteiger partial charge is 0.244 e. The first kappa shape index (κ1) is 13.3. The molecular weight excluding hydrogens is 374 g/mol. The van der Waals surface area contributed by atoms with Crippen LogP contribution in [0.5, 0.6) is 0 Å². The molecule has 3 spiro atoms. The van der Waals surface area contributed by atoms with E-state index in [1.807, 2.05) is 0 Å². The zero-order valence-corrected chi connectivity index (χ0v) is 14.5. The number of rotatable bonds is 2. The molecule has 0 bridgehead atoms. The second-order valence-electron chi connectivity index (χ2n) is 8.05. The van der Waals surface area contributed by atoms with Crippen LogP contribution < -0.4 is 15.2 Å². The topological polar surface area (TPSA) is 118 Å². The average Bonchev–Trinajstić information content (AvgIpc) is 3.33. The second-order valence-corrected chi connectivity index (χ2v) is 11.7. The van der Waals surface area contributed by atoms with Crippen molar-refractivity contribution < 1.29 is 16.8 Å². The van der Waals surface area contributed by atoms with E-state index in [1.54, 1.807) is 0 Å². The molecule has 126 valence electrons. The lowest BCUT2D eigenvalue weighted by atomic mass is 9.69. The monoisotopic (exact) mass is 385 g/mol. The Bertz CT molecular complexity index is 1140. The van der Waals surface area contributed by atoms with E-state index in [0.717, 1.165) is 12.0 Å². The summed E-state index contributed by atoms with van der Waals surface area (Å²) in [6.45, 7) is 0. The Morgan fingerprint density at radius 1 is 1.29 bits per heavy atom. The fraction of sp³-hybridized carbons (Fsp3) is 0.571. The van der Waals surface area contributed by atoms with Gasteiger partial charge in [-0.3, -0.25) is 0 Å². The van der Waals surface area contributed by atoms with Crippen molar-refractivity contribution in [1.82, 2.24) is 4.72 Å². The van der Waals surface area contributed by atoms with Crippen LogP contribution in [0.1, 0.15) is 6.42 Å². The molecule has 0 saturated heterocycles. The Kier molecular flexibility index (Phi) is 1.63. The van der Waals surface area contributed by atoms with Gasteiger partial charge in [0.2, 0.25) is 20.0 Å². The van der Waals surface area contributed by atoms with E-state index in [4.69, 9.17) is 16.7 Å². The van der Waals surface area contributed by atoms with E-state index in [-0.39, 0.29) is 21.0 Å². The van der Waals surface area contributed by atoms with Gasteiger partial charge < -0.3 is 5.32 Å². The fourth-order valence-corrected chi connectivity index (χ4v) is 9.94. The number of fused-ring (bicyclic) bond motifs is 1. The van der Waals surface area contributed by atoms with Gasteiger partial charge in [0.1, 0.15) is 9.79 Å². The van der Waals surface area contributed by atoms with E-state index in [0.29, 0.717) is 33.8 Å². The SMILES string of the molecule is NS(=O)(=O)c1cc2c(cc1Cl)N[C@H]([C@@H]1[C@@H]3C[C@]45[C@@H]6[C@]14[C@]635)NS2(=O)=O. The van der Waals surface area contributed by atoms with E-state index in [2.05, 4.69) is 10.0 Å². The van der Waals surface area contributed by atoms with Gasteiger partial charge in [-0.2, -0.15) is 4.72 Å². The number of nitrogens with two attached hydrogens (primary N) is 1.